The quantitative estimate of drug-likeness (QED) is 0.333. The van der Waals surface area contributed by atoms with Gasteiger partial charge in [0.1, 0.15) is 6.10 Å². The Balaban J connectivity index is 2.71. The molecule has 7 heteroatoms. The van der Waals surface area contributed by atoms with Gasteiger partial charge in [-0.3, -0.25) is 10.1 Å². The number of carbonyl (C=O) groups excluding carboxylic acids is 1. The van der Waals surface area contributed by atoms with E-state index in [-0.39, 0.29) is 17.7 Å². The lowest BCUT2D eigenvalue weighted by Crippen LogP contribution is -1.98. The first-order chi connectivity index (χ1) is 7.56. The standard InChI is InChI=1S/C9H7NO6/c11-2-7-4-1-6(12)9(13)8(10(14)15)5(4)3-16-7/h1-2,7,12-13H,3H2. The lowest BCUT2D eigenvalue weighted by atomic mass is 10.0. The van der Waals surface area contributed by atoms with E-state index in [1.54, 1.807) is 0 Å². The van der Waals surface area contributed by atoms with Crippen LogP contribution in [-0.4, -0.2) is 21.4 Å². The van der Waals surface area contributed by atoms with E-state index in [0.29, 0.717) is 6.29 Å². The number of phenols is 2. The molecule has 0 saturated heterocycles. The molecule has 1 aliphatic rings. The fourth-order valence-corrected chi connectivity index (χ4v) is 1.68. The number of nitro groups is 1. The molecule has 0 spiro atoms. The summed E-state index contributed by atoms with van der Waals surface area (Å²) in [5, 5.41) is 29.4. The molecular formula is C9H7NO6. The van der Waals surface area contributed by atoms with Crippen molar-refractivity contribution in [3.63, 3.8) is 0 Å². The smallest absolute Gasteiger partial charge is 0.320 e. The molecule has 1 aromatic rings. The number of carbonyl (C=O) groups is 1. The Morgan fingerprint density at radius 3 is 2.81 bits per heavy atom. The van der Waals surface area contributed by atoms with Crippen LogP contribution in [0.15, 0.2) is 6.07 Å². The second kappa shape index (κ2) is 3.46. The summed E-state index contributed by atoms with van der Waals surface area (Å²) in [6.07, 6.45) is -0.452. The maximum absolute atomic E-state index is 10.7. The maximum atomic E-state index is 10.7. The third-order valence-electron chi connectivity index (χ3n) is 2.41. The lowest BCUT2D eigenvalue weighted by molar-refractivity contribution is -0.386. The zero-order chi connectivity index (χ0) is 11.9. The Bertz CT molecular complexity index is 483. The van der Waals surface area contributed by atoms with Gasteiger partial charge >= 0.3 is 5.69 Å². The van der Waals surface area contributed by atoms with E-state index < -0.39 is 28.2 Å². The average molecular weight is 225 g/mol. The van der Waals surface area contributed by atoms with Gasteiger partial charge in [-0.15, -0.1) is 0 Å². The van der Waals surface area contributed by atoms with Crippen LogP contribution in [0.2, 0.25) is 0 Å². The predicted molar refractivity (Wildman–Crippen MR) is 50.0 cm³/mol. The molecule has 0 aliphatic carbocycles. The van der Waals surface area contributed by atoms with Gasteiger partial charge in [-0.1, -0.05) is 0 Å². The van der Waals surface area contributed by atoms with Crippen LogP contribution in [0.5, 0.6) is 11.5 Å². The molecule has 84 valence electrons. The van der Waals surface area contributed by atoms with Gasteiger partial charge in [0.05, 0.1) is 17.1 Å². The molecule has 2 N–H and O–H groups in total. The highest BCUT2D eigenvalue weighted by molar-refractivity contribution is 5.70. The molecule has 1 heterocycles. The lowest BCUT2D eigenvalue weighted by Gasteiger charge is -2.05. The number of phenolic OH excluding ortho intramolecular Hbond substituents is 2. The predicted octanol–water partition coefficient (Wildman–Crippen LogP) is 0.776. The number of fused-ring (bicyclic) bond motifs is 1. The Kier molecular flexibility index (Phi) is 2.24. The Morgan fingerprint density at radius 1 is 1.56 bits per heavy atom. The van der Waals surface area contributed by atoms with Crippen molar-refractivity contribution in [1.82, 2.24) is 0 Å². The van der Waals surface area contributed by atoms with Crippen molar-refractivity contribution in [3.8, 4) is 11.5 Å². The molecular weight excluding hydrogens is 218 g/mol. The molecule has 0 fully saturated rings. The maximum Gasteiger partial charge on any atom is 0.320 e. The summed E-state index contributed by atoms with van der Waals surface area (Å²) in [4.78, 5) is 20.5. The molecule has 1 atom stereocenters. The van der Waals surface area contributed by atoms with Crippen molar-refractivity contribution < 1.29 is 24.7 Å². The molecule has 1 unspecified atom stereocenters. The summed E-state index contributed by atoms with van der Waals surface area (Å²) >= 11 is 0. The van der Waals surface area contributed by atoms with Crippen LogP contribution in [0.3, 0.4) is 0 Å². The molecule has 0 bridgehead atoms. The minimum Gasteiger partial charge on any atom is -0.504 e. The van der Waals surface area contributed by atoms with Gasteiger partial charge in [0.15, 0.2) is 12.0 Å². The van der Waals surface area contributed by atoms with E-state index in [4.69, 9.17) is 4.74 Å². The second-order valence-corrected chi connectivity index (χ2v) is 3.29. The molecule has 0 aromatic heterocycles. The van der Waals surface area contributed by atoms with Crippen LogP contribution in [-0.2, 0) is 16.1 Å². The second-order valence-electron chi connectivity index (χ2n) is 3.29. The summed E-state index contributed by atoms with van der Waals surface area (Å²) in [7, 11) is 0. The third-order valence-corrected chi connectivity index (χ3v) is 2.41. The number of nitrogens with zero attached hydrogens (tertiary/aromatic N) is 1. The first-order valence-corrected chi connectivity index (χ1v) is 4.35. The topological polar surface area (TPSA) is 110 Å². The van der Waals surface area contributed by atoms with Crippen molar-refractivity contribution in [3.05, 3.63) is 27.3 Å². The molecule has 1 aromatic carbocycles. The van der Waals surface area contributed by atoms with Crippen molar-refractivity contribution in [2.45, 2.75) is 12.7 Å². The van der Waals surface area contributed by atoms with Gasteiger partial charge in [0.2, 0.25) is 5.75 Å². The normalized spacial score (nSPS) is 18.1. The van der Waals surface area contributed by atoms with Crippen LogP contribution in [0.1, 0.15) is 17.2 Å². The third kappa shape index (κ3) is 1.29. The van der Waals surface area contributed by atoms with Gasteiger partial charge < -0.3 is 19.7 Å². The molecule has 1 aliphatic heterocycles. The highest BCUT2D eigenvalue weighted by Crippen LogP contribution is 2.45. The highest BCUT2D eigenvalue weighted by Gasteiger charge is 2.34. The molecule has 16 heavy (non-hydrogen) atoms. The molecule has 0 amide bonds. The summed E-state index contributed by atoms with van der Waals surface area (Å²) < 4.78 is 4.98. The first kappa shape index (κ1) is 10.4. The van der Waals surface area contributed by atoms with E-state index in [1.807, 2.05) is 0 Å². The average Bonchev–Trinajstić information content (AvgIpc) is 2.61. The molecule has 7 nitrogen and oxygen atoms in total. The van der Waals surface area contributed by atoms with Gasteiger partial charge in [-0.05, 0) is 6.07 Å². The molecule has 0 radical (unpaired) electrons. The van der Waals surface area contributed by atoms with E-state index in [2.05, 4.69) is 0 Å². The van der Waals surface area contributed by atoms with Crippen LogP contribution in [0.4, 0.5) is 5.69 Å². The van der Waals surface area contributed by atoms with E-state index in [1.165, 1.54) is 0 Å². The van der Waals surface area contributed by atoms with Gasteiger partial charge in [0.25, 0.3) is 0 Å². The van der Waals surface area contributed by atoms with E-state index in [0.717, 1.165) is 6.07 Å². The Labute approximate surface area is 89.0 Å². The SMILES string of the molecule is O=CC1OCc2c1cc(O)c(O)c2[N+](=O)[O-]. The summed E-state index contributed by atoms with van der Waals surface area (Å²) in [5.74, 6) is -1.44. The van der Waals surface area contributed by atoms with Crippen LogP contribution in [0.25, 0.3) is 0 Å². The molecule has 0 saturated carbocycles. The van der Waals surface area contributed by atoms with Crippen LogP contribution < -0.4 is 0 Å². The molecule has 2 rings (SSSR count). The van der Waals surface area contributed by atoms with E-state index in [9.17, 15) is 25.1 Å². The summed E-state index contributed by atoms with van der Waals surface area (Å²) in [5.41, 5.74) is -0.270. The zero-order valence-electron chi connectivity index (χ0n) is 7.91. The number of aldehydes is 1. The van der Waals surface area contributed by atoms with Gasteiger partial charge in [-0.2, -0.15) is 0 Å². The number of aromatic hydroxyl groups is 2. The minimum atomic E-state index is -0.930. The van der Waals surface area contributed by atoms with Crippen molar-refractivity contribution in [2.75, 3.05) is 0 Å². The van der Waals surface area contributed by atoms with Crippen LogP contribution in [0, 0.1) is 10.1 Å². The number of nitro benzene ring substituents is 1. The highest BCUT2D eigenvalue weighted by atomic mass is 16.6. The summed E-state index contributed by atoms with van der Waals surface area (Å²) in [6.45, 7) is -0.136. The fourth-order valence-electron chi connectivity index (χ4n) is 1.68. The Morgan fingerprint density at radius 2 is 2.25 bits per heavy atom. The summed E-state index contributed by atoms with van der Waals surface area (Å²) in [6, 6.07) is 1.10. The zero-order valence-corrected chi connectivity index (χ0v) is 7.91. The van der Waals surface area contributed by atoms with Gasteiger partial charge in [-0.25, -0.2) is 0 Å². The number of hydrogen-bond donors (Lipinski definition) is 2. The van der Waals surface area contributed by atoms with E-state index >= 15 is 0 Å². The minimum absolute atomic E-state index is 0.123. The Hall–Kier alpha value is -2.15. The largest absolute Gasteiger partial charge is 0.504 e. The van der Waals surface area contributed by atoms with Crippen molar-refractivity contribution in [1.29, 1.82) is 0 Å². The fraction of sp³-hybridized carbons (Fsp3) is 0.222. The number of rotatable bonds is 2. The number of ether oxygens (including phenoxy) is 1. The van der Waals surface area contributed by atoms with Crippen LogP contribution >= 0.6 is 0 Å². The monoisotopic (exact) mass is 225 g/mol. The van der Waals surface area contributed by atoms with Crippen molar-refractivity contribution >= 4 is 12.0 Å². The van der Waals surface area contributed by atoms with Gasteiger partial charge in [0, 0.05) is 5.56 Å². The first-order valence-electron chi connectivity index (χ1n) is 4.35. The number of benzene rings is 1. The number of hydrogen-bond acceptors (Lipinski definition) is 6. The van der Waals surface area contributed by atoms with Crippen molar-refractivity contribution in [2.24, 2.45) is 0 Å².